The quantitative estimate of drug-likeness (QED) is 0.815. The average Bonchev–Trinajstić information content (AvgIpc) is 2.95. The van der Waals surface area contributed by atoms with Gasteiger partial charge in [-0.05, 0) is 31.0 Å². The lowest BCUT2D eigenvalue weighted by molar-refractivity contribution is -0.138. The van der Waals surface area contributed by atoms with Crippen LogP contribution in [-0.2, 0) is 17.0 Å². The van der Waals surface area contributed by atoms with Crippen molar-refractivity contribution in [1.29, 1.82) is 0 Å². The zero-order valence-corrected chi connectivity index (χ0v) is 13.7. The van der Waals surface area contributed by atoms with Gasteiger partial charge in [0.2, 0.25) is 0 Å². The Morgan fingerprint density at radius 2 is 2.40 bits per heavy atom. The molecule has 1 unspecified atom stereocenters. The highest BCUT2D eigenvalue weighted by Gasteiger charge is 2.32. The van der Waals surface area contributed by atoms with E-state index >= 15 is 0 Å². The Bertz CT molecular complexity index is 656. The van der Waals surface area contributed by atoms with Crippen molar-refractivity contribution in [1.82, 2.24) is 4.98 Å². The van der Waals surface area contributed by atoms with E-state index in [1.54, 1.807) is 23.1 Å². The van der Waals surface area contributed by atoms with Crippen LogP contribution in [-0.4, -0.2) is 16.1 Å². The number of hydrogen-bond acceptors (Lipinski definition) is 4. The third kappa shape index (κ3) is 2.92. The number of carboxylic acids is 1. The van der Waals surface area contributed by atoms with Crippen molar-refractivity contribution in [3.8, 4) is 0 Å². The molecule has 104 valence electrons. The number of hydrogen-bond donors (Lipinski definition) is 1. The Kier molecular flexibility index (Phi) is 4.14. The Hall–Kier alpha value is -0.850. The molecule has 0 bridgehead atoms. The molecule has 1 aromatic heterocycles. The summed E-state index contributed by atoms with van der Waals surface area (Å²) in [5, 5.41) is 10.2. The lowest BCUT2D eigenvalue weighted by atomic mass is 10.1. The molecule has 0 saturated heterocycles. The molecule has 3 nitrogen and oxygen atoms in total. The molecule has 0 aliphatic heterocycles. The Labute approximate surface area is 133 Å². The number of nitrogens with zero attached hydrogens (tertiary/aromatic N) is 1. The van der Waals surface area contributed by atoms with Crippen molar-refractivity contribution in [2.45, 2.75) is 29.4 Å². The van der Waals surface area contributed by atoms with Crippen molar-refractivity contribution in [2.75, 3.05) is 0 Å². The minimum Gasteiger partial charge on any atom is -0.481 e. The molecule has 1 aliphatic rings. The van der Waals surface area contributed by atoms with Gasteiger partial charge in [0.05, 0.1) is 11.4 Å². The standard InChI is InChI=1S/C14H12BrNO2S2/c15-8-2-1-3-9(6-8)19-7-12-16-13-10(14(17)18)4-5-11(13)20-12/h1-3,6,10H,4-5,7H2,(H,17,18). The first-order chi connectivity index (χ1) is 9.63. The lowest BCUT2D eigenvalue weighted by Crippen LogP contribution is -2.08. The molecule has 0 spiro atoms. The molecule has 3 rings (SSSR count). The zero-order chi connectivity index (χ0) is 14.1. The first-order valence-corrected chi connectivity index (χ1v) is 8.82. The average molecular weight is 370 g/mol. The number of halogens is 1. The van der Waals surface area contributed by atoms with Crippen LogP contribution in [0, 0.1) is 0 Å². The van der Waals surface area contributed by atoms with Crippen LogP contribution in [0.5, 0.6) is 0 Å². The molecule has 1 heterocycles. The van der Waals surface area contributed by atoms with Crippen LogP contribution in [0.15, 0.2) is 33.6 Å². The van der Waals surface area contributed by atoms with Gasteiger partial charge in [-0.1, -0.05) is 22.0 Å². The molecular formula is C14H12BrNO2S2. The van der Waals surface area contributed by atoms with Crippen molar-refractivity contribution in [3.63, 3.8) is 0 Å². The smallest absolute Gasteiger partial charge is 0.312 e. The molecule has 1 aromatic carbocycles. The number of thioether (sulfide) groups is 1. The fraction of sp³-hybridized carbons (Fsp3) is 0.286. The number of aliphatic carboxylic acids is 1. The summed E-state index contributed by atoms with van der Waals surface area (Å²) < 4.78 is 1.06. The summed E-state index contributed by atoms with van der Waals surface area (Å²) >= 11 is 6.84. The Morgan fingerprint density at radius 1 is 1.55 bits per heavy atom. The number of fused-ring (bicyclic) bond motifs is 1. The van der Waals surface area contributed by atoms with Gasteiger partial charge in [0, 0.05) is 14.2 Å². The molecule has 2 aromatic rings. The van der Waals surface area contributed by atoms with Gasteiger partial charge in [0.25, 0.3) is 0 Å². The van der Waals surface area contributed by atoms with Gasteiger partial charge in [-0.25, -0.2) is 4.98 Å². The highest BCUT2D eigenvalue weighted by molar-refractivity contribution is 9.10. The van der Waals surface area contributed by atoms with E-state index in [-0.39, 0.29) is 0 Å². The van der Waals surface area contributed by atoms with Gasteiger partial charge < -0.3 is 5.11 Å². The summed E-state index contributed by atoms with van der Waals surface area (Å²) in [5.41, 5.74) is 0.798. The summed E-state index contributed by atoms with van der Waals surface area (Å²) in [6.07, 6.45) is 1.55. The van der Waals surface area contributed by atoms with E-state index in [1.165, 1.54) is 4.90 Å². The van der Waals surface area contributed by atoms with E-state index in [0.717, 1.165) is 32.2 Å². The number of carboxylic acid groups (broad SMARTS) is 1. The van der Waals surface area contributed by atoms with E-state index in [1.807, 2.05) is 12.1 Å². The first kappa shape index (κ1) is 14.1. The molecule has 20 heavy (non-hydrogen) atoms. The molecule has 0 saturated carbocycles. The number of rotatable bonds is 4. The fourth-order valence-corrected chi connectivity index (χ4v) is 4.93. The molecule has 6 heteroatoms. The minimum atomic E-state index is -0.750. The van der Waals surface area contributed by atoms with E-state index in [0.29, 0.717) is 6.42 Å². The largest absolute Gasteiger partial charge is 0.481 e. The molecule has 0 fully saturated rings. The van der Waals surface area contributed by atoms with Crippen molar-refractivity contribution < 1.29 is 9.90 Å². The maximum Gasteiger partial charge on any atom is 0.312 e. The predicted molar refractivity (Wildman–Crippen MR) is 84.5 cm³/mol. The molecule has 1 aliphatic carbocycles. The van der Waals surface area contributed by atoms with E-state index in [4.69, 9.17) is 5.11 Å². The third-order valence-electron chi connectivity index (χ3n) is 3.22. The van der Waals surface area contributed by atoms with E-state index < -0.39 is 11.9 Å². The number of benzene rings is 1. The summed E-state index contributed by atoms with van der Waals surface area (Å²) in [5.74, 6) is -0.355. The molecule has 1 N–H and O–H groups in total. The van der Waals surface area contributed by atoms with Crippen molar-refractivity contribution in [2.24, 2.45) is 0 Å². The topological polar surface area (TPSA) is 50.2 Å². The highest BCUT2D eigenvalue weighted by atomic mass is 79.9. The lowest BCUT2D eigenvalue weighted by Gasteiger charge is -2.02. The first-order valence-electron chi connectivity index (χ1n) is 6.23. The van der Waals surface area contributed by atoms with Crippen molar-refractivity contribution >= 4 is 45.0 Å². The van der Waals surface area contributed by atoms with Gasteiger partial charge in [0.1, 0.15) is 10.9 Å². The normalized spacial score (nSPS) is 17.1. The van der Waals surface area contributed by atoms with E-state index in [9.17, 15) is 4.79 Å². The number of carbonyl (C=O) groups is 1. The second kappa shape index (κ2) is 5.87. The van der Waals surface area contributed by atoms with Gasteiger partial charge in [-0.2, -0.15) is 0 Å². The summed E-state index contributed by atoms with van der Waals surface area (Å²) in [7, 11) is 0. The number of thiazole rings is 1. The van der Waals surface area contributed by atoms with Crippen LogP contribution in [0.1, 0.15) is 27.9 Å². The van der Waals surface area contributed by atoms with Crippen LogP contribution < -0.4 is 0 Å². The highest BCUT2D eigenvalue weighted by Crippen LogP contribution is 2.38. The summed E-state index contributed by atoms with van der Waals surface area (Å²) in [4.78, 5) is 18.0. The molecule has 0 amide bonds. The molecule has 0 radical (unpaired) electrons. The zero-order valence-electron chi connectivity index (χ0n) is 10.5. The third-order valence-corrected chi connectivity index (χ3v) is 6.03. The number of aromatic nitrogens is 1. The van der Waals surface area contributed by atoms with Crippen LogP contribution in [0.25, 0.3) is 0 Å². The summed E-state index contributed by atoms with van der Waals surface area (Å²) in [6, 6.07) is 8.15. The second-order valence-electron chi connectivity index (χ2n) is 4.59. The van der Waals surface area contributed by atoms with Gasteiger partial charge >= 0.3 is 5.97 Å². The van der Waals surface area contributed by atoms with Gasteiger partial charge in [-0.15, -0.1) is 23.1 Å². The van der Waals surface area contributed by atoms with Crippen LogP contribution in [0.3, 0.4) is 0 Å². The fourth-order valence-electron chi connectivity index (χ4n) is 2.28. The SMILES string of the molecule is O=C(O)C1CCc2sc(CSc3cccc(Br)c3)nc21. The predicted octanol–water partition coefficient (Wildman–Crippen LogP) is 4.31. The van der Waals surface area contributed by atoms with Crippen LogP contribution >= 0.6 is 39.0 Å². The second-order valence-corrected chi connectivity index (χ2v) is 7.72. The van der Waals surface area contributed by atoms with Crippen LogP contribution in [0.2, 0.25) is 0 Å². The molecular weight excluding hydrogens is 358 g/mol. The van der Waals surface area contributed by atoms with Crippen molar-refractivity contribution in [3.05, 3.63) is 44.3 Å². The molecule has 1 atom stereocenters. The maximum absolute atomic E-state index is 11.1. The van der Waals surface area contributed by atoms with Gasteiger partial charge in [0.15, 0.2) is 0 Å². The monoisotopic (exact) mass is 369 g/mol. The van der Waals surface area contributed by atoms with E-state index in [2.05, 4.69) is 33.0 Å². The van der Waals surface area contributed by atoms with Gasteiger partial charge in [-0.3, -0.25) is 4.79 Å². The minimum absolute atomic E-state index is 0.397. The Balaban J connectivity index is 1.71. The number of aryl methyl sites for hydroxylation is 1. The summed E-state index contributed by atoms with van der Waals surface area (Å²) in [6.45, 7) is 0. The maximum atomic E-state index is 11.1. The Morgan fingerprint density at radius 3 is 3.15 bits per heavy atom. The van der Waals surface area contributed by atoms with Crippen LogP contribution in [0.4, 0.5) is 0 Å².